The minimum absolute atomic E-state index is 0.635. The van der Waals surface area contributed by atoms with Crippen LogP contribution in [-0.4, -0.2) is 31.8 Å². The minimum Gasteiger partial charge on any atom is -0.493 e. The summed E-state index contributed by atoms with van der Waals surface area (Å²) in [6, 6.07) is 12.0. The van der Waals surface area contributed by atoms with Crippen LogP contribution in [0.3, 0.4) is 0 Å². The Morgan fingerprint density at radius 3 is 2.67 bits per heavy atom. The average molecular weight is 329 g/mol. The fraction of sp³-hybridized carbons (Fsp3) is 0.421. The molecule has 0 spiro atoms. The number of unbranched alkanes of at least 4 members (excludes halogenated alkanes) is 1. The van der Waals surface area contributed by atoms with Gasteiger partial charge in [0.05, 0.1) is 13.7 Å². The fourth-order valence-electron chi connectivity index (χ4n) is 2.39. The molecule has 130 valence electrons. The Morgan fingerprint density at radius 2 is 1.92 bits per heavy atom. The topological polar surface area (TPSA) is 55.4 Å². The second-order valence-electron chi connectivity index (χ2n) is 5.44. The van der Waals surface area contributed by atoms with Gasteiger partial charge in [0.2, 0.25) is 0 Å². The Morgan fingerprint density at radius 1 is 1.04 bits per heavy atom. The Labute approximate surface area is 144 Å². The number of aromatic nitrogens is 1. The van der Waals surface area contributed by atoms with Gasteiger partial charge in [-0.05, 0) is 56.1 Å². The molecule has 0 aliphatic rings. The number of benzene rings is 1. The molecule has 0 fully saturated rings. The lowest BCUT2D eigenvalue weighted by atomic mass is 10.2. The number of pyridine rings is 1. The van der Waals surface area contributed by atoms with E-state index in [4.69, 9.17) is 9.47 Å². The molecule has 0 atom stereocenters. The first-order chi connectivity index (χ1) is 11.8. The molecule has 0 unspecified atom stereocenters. The summed E-state index contributed by atoms with van der Waals surface area (Å²) in [5.41, 5.74) is 1.20. The summed E-state index contributed by atoms with van der Waals surface area (Å²) in [5, 5.41) is 6.79. The molecule has 0 saturated carbocycles. The highest BCUT2D eigenvalue weighted by atomic mass is 16.5. The Hall–Kier alpha value is -2.27. The highest BCUT2D eigenvalue weighted by Crippen LogP contribution is 2.27. The normalized spacial score (nSPS) is 10.4. The lowest BCUT2D eigenvalue weighted by molar-refractivity contribution is 0.310. The van der Waals surface area contributed by atoms with Crippen LogP contribution in [-0.2, 0) is 6.54 Å². The lowest BCUT2D eigenvalue weighted by Gasteiger charge is -2.11. The summed E-state index contributed by atoms with van der Waals surface area (Å²) in [4.78, 5) is 4.24. The van der Waals surface area contributed by atoms with Gasteiger partial charge in [0.15, 0.2) is 11.5 Å². The summed E-state index contributed by atoms with van der Waals surface area (Å²) in [7, 11) is 1.66. The van der Waals surface area contributed by atoms with Gasteiger partial charge in [-0.25, -0.2) is 4.98 Å². The van der Waals surface area contributed by atoms with Crippen molar-refractivity contribution in [3.8, 4) is 11.5 Å². The number of nitrogens with zero attached hydrogens (tertiary/aromatic N) is 1. The van der Waals surface area contributed by atoms with Crippen molar-refractivity contribution in [1.29, 1.82) is 0 Å². The molecule has 0 bridgehead atoms. The summed E-state index contributed by atoms with van der Waals surface area (Å²) < 4.78 is 10.9. The van der Waals surface area contributed by atoms with E-state index in [1.807, 2.05) is 37.3 Å². The highest BCUT2D eigenvalue weighted by Gasteiger charge is 2.05. The van der Waals surface area contributed by atoms with Crippen LogP contribution in [0, 0.1) is 0 Å². The van der Waals surface area contributed by atoms with Gasteiger partial charge in [0.1, 0.15) is 5.82 Å². The molecule has 5 heteroatoms. The van der Waals surface area contributed by atoms with Crippen molar-refractivity contribution in [1.82, 2.24) is 10.3 Å². The zero-order valence-electron chi connectivity index (χ0n) is 14.5. The van der Waals surface area contributed by atoms with Crippen LogP contribution >= 0.6 is 0 Å². The van der Waals surface area contributed by atoms with Gasteiger partial charge in [-0.2, -0.15) is 0 Å². The number of nitrogens with one attached hydrogen (secondary N) is 2. The Kier molecular flexibility index (Phi) is 7.90. The molecule has 24 heavy (non-hydrogen) atoms. The Bertz CT molecular complexity index is 590. The maximum absolute atomic E-state index is 5.60. The number of methoxy groups -OCH3 is 1. The zero-order valence-corrected chi connectivity index (χ0v) is 14.5. The fourth-order valence-corrected chi connectivity index (χ4v) is 2.39. The molecule has 0 amide bonds. The van der Waals surface area contributed by atoms with Crippen molar-refractivity contribution >= 4 is 5.82 Å². The molecular weight excluding hydrogens is 302 g/mol. The predicted octanol–water partition coefficient (Wildman–Crippen LogP) is 3.47. The first-order valence-corrected chi connectivity index (χ1v) is 8.49. The molecule has 0 aliphatic carbocycles. The molecular formula is C19H27N3O2. The quantitative estimate of drug-likeness (QED) is 0.618. The summed E-state index contributed by atoms with van der Waals surface area (Å²) in [6.45, 7) is 5.37. The van der Waals surface area contributed by atoms with E-state index in [9.17, 15) is 0 Å². The minimum atomic E-state index is 0.635. The zero-order chi connectivity index (χ0) is 17.0. The van der Waals surface area contributed by atoms with E-state index in [-0.39, 0.29) is 0 Å². The smallest absolute Gasteiger partial charge is 0.161 e. The van der Waals surface area contributed by atoms with Crippen molar-refractivity contribution in [2.45, 2.75) is 26.3 Å². The van der Waals surface area contributed by atoms with Crippen LogP contribution in [0.4, 0.5) is 5.82 Å². The third-order valence-corrected chi connectivity index (χ3v) is 3.61. The van der Waals surface area contributed by atoms with Crippen LogP contribution in [0.5, 0.6) is 11.5 Å². The highest BCUT2D eigenvalue weighted by molar-refractivity contribution is 5.42. The molecule has 5 nitrogen and oxygen atoms in total. The van der Waals surface area contributed by atoms with Crippen LogP contribution in [0.25, 0.3) is 0 Å². The average Bonchev–Trinajstić information content (AvgIpc) is 2.62. The maximum atomic E-state index is 5.60. The standard InChI is InChI=1S/C19H27N3O2/c1-3-24-18-14-16(9-10-17(18)23-2)15-20-11-6-7-13-22-19-8-4-5-12-21-19/h4-5,8-10,12,14,20H,3,6-7,11,13,15H2,1-2H3,(H,21,22). The summed E-state index contributed by atoms with van der Waals surface area (Å²) in [6.07, 6.45) is 4.03. The van der Waals surface area contributed by atoms with Crippen molar-refractivity contribution in [2.24, 2.45) is 0 Å². The van der Waals surface area contributed by atoms with E-state index in [0.717, 1.165) is 49.8 Å². The monoisotopic (exact) mass is 329 g/mol. The molecule has 1 aromatic heterocycles. The second kappa shape index (κ2) is 10.5. The summed E-state index contributed by atoms with van der Waals surface area (Å²) in [5.74, 6) is 2.52. The van der Waals surface area contributed by atoms with Crippen LogP contribution in [0.1, 0.15) is 25.3 Å². The van der Waals surface area contributed by atoms with E-state index in [2.05, 4.69) is 21.7 Å². The third-order valence-electron chi connectivity index (χ3n) is 3.61. The van der Waals surface area contributed by atoms with Gasteiger partial charge in [-0.15, -0.1) is 0 Å². The first kappa shape index (κ1) is 18.1. The number of hydrogen-bond donors (Lipinski definition) is 2. The van der Waals surface area contributed by atoms with Crippen molar-refractivity contribution in [2.75, 3.05) is 32.1 Å². The van der Waals surface area contributed by atoms with E-state index in [0.29, 0.717) is 6.61 Å². The van der Waals surface area contributed by atoms with E-state index < -0.39 is 0 Å². The number of ether oxygens (including phenoxy) is 2. The number of hydrogen-bond acceptors (Lipinski definition) is 5. The van der Waals surface area contributed by atoms with E-state index >= 15 is 0 Å². The van der Waals surface area contributed by atoms with Crippen molar-refractivity contribution < 1.29 is 9.47 Å². The van der Waals surface area contributed by atoms with Crippen molar-refractivity contribution in [3.05, 3.63) is 48.2 Å². The molecule has 0 aliphatic heterocycles. The number of anilines is 1. The molecule has 1 heterocycles. The molecule has 2 aromatic rings. The Balaban J connectivity index is 1.62. The largest absolute Gasteiger partial charge is 0.493 e. The SMILES string of the molecule is CCOc1cc(CNCCCCNc2ccccn2)ccc1OC. The van der Waals surface area contributed by atoms with E-state index in [1.165, 1.54) is 5.56 Å². The molecule has 1 aromatic carbocycles. The van der Waals surface area contributed by atoms with E-state index in [1.54, 1.807) is 13.3 Å². The van der Waals surface area contributed by atoms with Gasteiger partial charge >= 0.3 is 0 Å². The molecule has 2 rings (SSSR count). The second-order valence-corrected chi connectivity index (χ2v) is 5.44. The summed E-state index contributed by atoms with van der Waals surface area (Å²) >= 11 is 0. The third kappa shape index (κ3) is 6.08. The van der Waals surface area contributed by atoms with Crippen LogP contribution < -0.4 is 20.1 Å². The lowest BCUT2D eigenvalue weighted by Crippen LogP contribution is -2.16. The molecule has 2 N–H and O–H groups in total. The van der Waals surface area contributed by atoms with Gasteiger partial charge < -0.3 is 20.1 Å². The van der Waals surface area contributed by atoms with Gasteiger partial charge in [-0.3, -0.25) is 0 Å². The maximum Gasteiger partial charge on any atom is 0.161 e. The number of rotatable bonds is 11. The van der Waals surface area contributed by atoms with Gasteiger partial charge in [0.25, 0.3) is 0 Å². The van der Waals surface area contributed by atoms with Crippen LogP contribution in [0.15, 0.2) is 42.6 Å². The van der Waals surface area contributed by atoms with Crippen LogP contribution in [0.2, 0.25) is 0 Å². The predicted molar refractivity (Wildman–Crippen MR) is 97.8 cm³/mol. The molecule has 0 radical (unpaired) electrons. The van der Waals surface area contributed by atoms with Gasteiger partial charge in [0, 0.05) is 19.3 Å². The molecule has 0 saturated heterocycles. The van der Waals surface area contributed by atoms with Gasteiger partial charge in [-0.1, -0.05) is 12.1 Å². The van der Waals surface area contributed by atoms with Crippen molar-refractivity contribution in [3.63, 3.8) is 0 Å². The first-order valence-electron chi connectivity index (χ1n) is 8.49.